The van der Waals surface area contributed by atoms with Crippen molar-refractivity contribution >= 4 is 44.6 Å². The van der Waals surface area contributed by atoms with Gasteiger partial charge in [0.1, 0.15) is 11.5 Å². The summed E-state index contributed by atoms with van der Waals surface area (Å²) >= 11 is 4.84. The Morgan fingerprint density at radius 3 is 2.73 bits per heavy atom. The van der Waals surface area contributed by atoms with Crippen molar-refractivity contribution in [1.82, 2.24) is 4.57 Å². The second-order valence-electron chi connectivity index (χ2n) is 5.71. The first kappa shape index (κ1) is 18.7. The number of nitrogens with zero attached hydrogens (tertiary/aromatic N) is 1. The molecule has 0 amide bonds. The van der Waals surface area contributed by atoms with Crippen LogP contribution in [0, 0.1) is 0 Å². The molecule has 0 saturated heterocycles. The lowest BCUT2D eigenvalue weighted by Gasteiger charge is -2.08. The summed E-state index contributed by atoms with van der Waals surface area (Å²) in [7, 11) is 1.88. The van der Waals surface area contributed by atoms with Gasteiger partial charge in [-0.25, -0.2) is 4.79 Å². The lowest BCUT2D eigenvalue weighted by atomic mass is 10.1. The molecule has 3 aromatic rings. The SMILES string of the molecule is CCOC(=O)c1c(CSc2cccc(O)c2)n(C)c2cc(Br)c(O)cc12. The van der Waals surface area contributed by atoms with Gasteiger partial charge in [-0.15, -0.1) is 11.8 Å². The van der Waals surface area contributed by atoms with E-state index in [0.29, 0.717) is 21.2 Å². The van der Waals surface area contributed by atoms with Gasteiger partial charge in [0.25, 0.3) is 0 Å². The minimum absolute atomic E-state index is 0.0702. The third-order valence-corrected chi connectivity index (χ3v) is 5.70. The Balaban J connectivity index is 2.08. The maximum Gasteiger partial charge on any atom is 0.340 e. The molecule has 136 valence electrons. The van der Waals surface area contributed by atoms with Crippen LogP contribution in [0.25, 0.3) is 10.9 Å². The standard InChI is InChI=1S/C19H18BrNO4S/c1-3-25-19(24)18-13-8-17(23)14(20)9-15(13)21(2)16(18)10-26-12-6-4-5-11(22)7-12/h4-9,22-23H,3,10H2,1-2H3. The maximum absolute atomic E-state index is 12.6. The zero-order chi connectivity index (χ0) is 18.8. The lowest BCUT2D eigenvalue weighted by Crippen LogP contribution is -2.08. The summed E-state index contributed by atoms with van der Waals surface area (Å²) in [5.74, 6) is 0.375. The molecule has 0 saturated carbocycles. The van der Waals surface area contributed by atoms with Crippen LogP contribution in [-0.4, -0.2) is 27.4 Å². The Hall–Kier alpha value is -2.12. The van der Waals surface area contributed by atoms with Crippen LogP contribution in [0.3, 0.4) is 0 Å². The fraction of sp³-hybridized carbons (Fsp3) is 0.211. The number of aromatic hydroxyl groups is 2. The van der Waals surface area contributed by atoms with Crippen molar-refractivity contribution in [1.29, 1.82) is 0 Å². The number of aromatic nitrogens is 1. The fourth-order valence-electron chi connectivity index (χ4n) is 2.82. The molecule has 0 atom stereocenters. The van der Waals surface area contributed by atoms with Crippen molar-refractivity contribution in [2.24, 2.45) is 7.05 Å². The van der Waals surface area contributed by atoms with Gasteiger partial charge in [-0.3, -0.25) is 0 Å². The van der Waals surface area contributed by atoms with Gasteiger partial charge in [0, 0.05) is 28.8 Å². The molecule has 0 unspecified atom stereocenters. The van der Waals surface area contributed by atoms with Crippen molar-refractivity contribution < 1.29 is 19.7 Å². The Morgan fingerprint density at radius 1 is 1.27 bits per heavy atom. The number of ether oxygens (including phenoxy) is 1. The number of carbonyl (C=O) groups excluding carboxylic acids is 1. The number of phenols is 2. The predicted molar refractivity (Wildman–Crippen MR) is 106 cm³/mol. The van der Waals surface area contributed by atoms with Gasteiger partial charge in [0.2, 0.25) is 0 Å². The van der Waals surface area contributed by atoms with Crippen LogP contribution in [0.15, 0.2) is 45.8 Å². The molecule has 7 heteroatoms. The first-order chi connectivity index (χ1) is 12.4. The molecule has 0 spiro atoms. The number of hydrogen-bond donors (Lipinski definition) is 2. The van der Waals surface area contributed by atoms with E-state index in [9.17, 15) is 15.0 Å². The van der Waals surface area contributed by atoms with E-state index in [0.717, 1.165) is 16.1 Å². The molecule has 0 radical (unpaired) electrons. The predicted octanol–water partition coefficient (Wildman–Crippen LogP) is 4.82. The van der Waals surface area contributed by atoms with E-state index in [4.69, 9.17) is 4.74 Å². The third kappa shape index (κ3) is 3.54. The van der Waals surface area contributed by atoms with E-state index in [1.807, 2.05) is 17.7 Å². The third-order valence-electron chi connectivity index (χ3n) is 4.06. The van der Waals surface area contributed by atoms with Crippen LogP contribution < -0.4 is 0 Å². The zero-order valence-corrected chi connectivity index (χ0v) is 16.7. The minimum Gasteiger partial charge on any atom is -0.508 e. The van der Waals surface area contributed by atoms with Crippen molar-refractivity contribution in [2.45, 2.75) is 17.6 Å². The van der Waals surface area contributed by atoms with Gasteiger partial charge in [-0.05, 0) is 53.2 Å². The Labute approximate surface area is 163 Å². The topological polar surface area (TPSA) is 71.7 Å². The molecule has 5 nitrogen and oxygen atoms in total. The highest BCUT2D eigenvalue weighted by Gasteiger charge is 2.23. The van der Waals surface area contributed by atoms with Gasteiger partial charge in [0.05, 0.1) is 22.2 Å². The summed E-state index contributed by atoms with van der Waals surface area (Å²) in [6.45, 7) is 2.04. The summed E-state index contributed by atoms with van der Waals surface area (Å²) in [6, 6.07) is 10.3. The molecule has 0 aliphatic rings. The maximum atomic E-state index is 12.6. The molecule has 1 aromatic heterocycles. The number of halogens is 1. The molecule has 26 heavy (non-hydrogen) atoms. The number of hydrogen-bond acceptors (Lipinski definition) is 5. The molecule has 0 fully saturated rings. The Bertz CT molecular complexity index is 983. The normalized spacial score (nSPS) is 11.0. The summed E-state index contributed by atoms with van der Waals surface area (Å²) in [5, 5.41) is 20.3. The van der Waals surface area contributed by atoms with Gasteiger partial charge in [0.15, 0.2) is 0 Å². The number of phenolic OH excluding ortho intramolecular Hbond substituents is 2. The number of aryl methyl sites for hydroxylation is 1. The monoisotopic (exact) mass is 435 g/mol. The molecular formula is C19H18BrNO4S. The van der Waals surface area contributed by atoms with Crippen LogP contribution in [0.5, 0.6) is 11.5 Å². The highest BCUT2D eigenvalue weighted by atomic mass is 79.9. The number of carbonyl (C=O) groups is 1. The molecule has 2 aromatic carbocycles. The van der Waals surface area contributed by atoms with Gasteiger partial charge in [-0.1, -0.05) is 6.07 Å². The van der Waals surface area contributed by atoms with Crippen LogP contribution in [-0.2, 0) is 17.5 Å². The van der Waals surface area contributed by atoms with E-state index < -0.39 is 5.97 Å². The summed E-state index contributed by atoms with van der Waals surface area (Å²) in [5.41, 5.74) is 2.08. The molecule has 0 aliphatic carbocycles. The molecule has 1 heterocycles. The van der Waals surface area contributed by atoms with E-state index in [2.05, 4.69) is 15.9 Å². The van der Waals surface area contributed by atoms with Crippen molar-refractivity contribution in [3.05, 3.63) is 52.1 Å². The number of benzene rings is 2. The first-order valence-corrected chi connectivity index (χ1v) is 9.79. The number of thioether (sulfide) groups is 1. The van der Waals surface area contributed by atoms with Crippen molar-refractivity contribution in [3.8, 4) is 11.5 Å². The van der Waals surface area contributed by atoms with Crippen LogP contribution in [0.2, 0.25) is 0 Å². The zero-order valence-electron chi connectivity index (χ0n) is 14.3. The van der Waals surface area contributed by atoms with Crippen LogP contribution in [0.1, 0.15) is 23.0 Å². The minimum atomic E-state index is -0.411. The van der Waals surface area contributed by atoms with Gasteiger partial charge >= 0.3 is 5.97 Å². The average molecular weight is 436 g/mol. The van der Waals surface area contributed by atoms with Crippen LogP contribution in [0.4, 0.5) is 0 Å². The van der Waals surface area contributed by atoms with E-state index in [1.165, 1.54) is 11.8 Å². The number of fused-ring (bicyclic) bond motifs is 1. The largest absolute Gasteiger partial charge is 0.508 e. The number of esters is 1. The second-order valence-corrected chi connectivity index (χ2v) is 7.61. The first-order valence-electron chi connectivity index (χ1n) is 8.01. The summed E-state index contributed by atoms with van der Waals surface area (Å²) in [6.07, 6.45) is 0. The van der Waals surface area contributed by atoms with Crippen molar-refractivity contribution in [3.63, 3.8) is 0 Å². The lowest BCUT2D eigenvalue weighted by molar-refractivity contribution is 0.0527. The summed E-state index contributed by atoms with van der Waals surface area (Å²) < 4.78 is 7.73. The fourth-order valence-corrected chi connectivity index (χ4v) is 4.17. The highest BCUT2D eigenvalue weighted by molar-refractivity contribution is 9.10. The smallest absolute Gasteiger partial charge is 0.340 e. The molecule has 0 bridgehead atoms. The second kappa shape index (κ2) is 7.63. The number of rotatable bonds is 5. The molecular weight excluding hydrogens is 418 g/mol. The quantitative estimate of drug-likeness (QED) is 0.443. The van der Waals surface area contributed by atoms with E-state index in [-0.39, 0.29) is 18.1 Å². The molecule has 3 rings (SSSR count). The Morgan fingerprint density at radius 2 is 2.04 bits per heavy atom. The van der Waals surface area contributed by atoms with E-state index >= 15 is 0 Å². The van der Waals surface area contributed by atoms with Gasteiger partial charge < -0.3 is 19.5 Å². The average Bonchev–Trinajstić information content (AvgIpc) is 2.86. The van der Waals surface area contributed by atoms with Crippen molar-refractivity contribution in [2.75, 3.05) is 6.61 Å². The highest BCUT2D eigenvalue weighted by Crippen LogP contribution is 2.36. The Kier molecular flexibility index (Phi) is 5.48. The van der Waals surface area contributed by atoms with Gasteiger partial charge in [-0.2, -0.15) is 0 Å². The van der Waals surface area contributed by atoms with Crippen LogP contribution >= 0.6 is 27.7 Å². The van der Waals surface area contributed by atoms with E-state index in [1.54, 1.807) is 37.3 Å². The molecule has 0 aliphatic heterocycles. The molecule has 2 N–H and O–H groups in total. The summed E-state index contributed by atoms with van der Waals surface area (Å²) in [4.78, 5) is 13.5.